The largest absolute Gasteiger partial charge is 0.742 e. The van der Waals surface area contributed by atoms with Crippen molar-refractivity contribution in [2.24, 2.45) is 0 Å². The normalized spacial score (nSPS) is 10.9. The second-order valence-corrected chi connectivity index (χ2v) is 7.20. The van der Waals surface area contributed by atoms with E-state index in [-0.39, 0.29) is 0 Å². The van der Waals surface area contributed by atoms with Gasteiger partial charge in [0.25, 0.3) is 17.9 Å². The van der Waals surface area contributed by atoms with E-state index in [0.29, 0.717) is 5.19 Å². The quantitative estimate of drug-likeness (QED) is 0.793. The number of benzene rings is 2. The fourth-order valence-electron chi connectivity index (χ4n) is 2.19. The van der Waals surface area contributed by atoms with Crippen molar-refractivity contribution in [3.8, 4) is 0 Å². The Bertz CT molecular complexity index is 729. The third-order valence-corrected chi connectivity index (χ3v) is 5.62. The minimum Gasteiger partial charge on any atom is -0.452 e. The van der Waals surface area contributed by atoms with Crippen LogP contribution in [0.25, 0.3) is 10.8 Å². The Balaban J connectivity index is 2.61. The molecular weight excluding hydrogens is 316 g/mol. The van der Waals surface area contributed by atoms with Gasteiger partial charge in [0.1, 0.15) is 0 Å². The maximum Gasteiger partial charge on any atom is 0.742 e. The molecule has 0 saturated heterocycles. The van der Waals surface area contributed by atoms with Gasteiger partial charge in [-0.2, -0.15) is 0 Å². The molecule has 0 spiro atoms. The number of carbonyl (C=O) groups is 3. The van der Waals surface area contributed by atoms with Crippen LogP contribution in [0, 0.1) is 0 Å². The molecule has 0 atom stereocenters. The first-order valence-corrected chi connectivity index (χ1v) is 8.63. The van der Waals surface area contributed by atoms with Crippen LogP contribution in [0.4, 0.5) is 0 Å². The third kappa shape index (κ3) is 3.95. The van der Waals surface area contributed by atoms with E-state index < -0.39 is 26.7 Å². The molecule has 0 unspecified atom stereocenters. The zero-order valence-corrected chi connectivity index (χ0v) is 14.0. The number of rotatable bonds is 4. The molecule has 0 saturated carbocycles. The summed E-state index contributed by atoms with van der Waals surface area (Å²) in [4.78, 5) is 34.5. The molecule has 0 aliphatic heterocycles. The van der Waals surface area contributed by atoms with E-state index in [1.165, 1.54) is 0 Å². The minimum absolute atomic E-state index is 0.358. The molecule has 0 amide bonds. The predicted molar refractivity (Wildman–Crippen MR) is 84.6 cm³/mol. The van der Waals surface area contributed by atoms with Crippen LogP contribution in [-0.2, 0) is 27.7 Å². The molecule has 23 heavy (non-hydrogen) atoms. The SMILES string of the molecule is CC(=O)O[Si](OC(C)=O)(OC(C)=O)c1ccc2ccccc2c1. The molecule has 0 aromatic heterocycles. The van der Waals surface area contributed by atoms with E-state index in [4.69, 9.17) is 13.3 Å². The molecule has 6 nitrogen and oxygen atoms in total. The van der Waals surface area contributed by atoms with Crippen molar-refractivity contribution >= 4 is 42.7 Å². The highest BCUT2D eigenvalue weighted by Gasteiger charge is 2.54. The van der Waals surface area contributed by atoms with Gasteiger partial charge in [-0.1, -0.05) is 36.4 Å². The van der Waals surface area contributed by atoms with Gasteiger partial charge in [0, 0.05) is 20.8 Å². The Labute approximate surface area is 134 Å². The van der Waals surface area contributed by atoms with Crippen molar-refractivity contribution in [1.29, 1.82) is 0 Å². The Hall–Kier alpha value is -2.67. The lowest BCUT2D eigenvalue weighted by Gasteiger charge is -2.26. The minimum atomic E-state index is -4.03. The van der Waals surface area contributed by atoms with E-state index in [2.05, 4.69) is 0 Å². The maximum atomic E-state index is 11.5. The van der Waals surface area contributed by atoms with Gasteiger partial charge in [-0.25, -0.2) is 0 Å². The monoisotopic (exact) mass is 332 g/mol. The van der Waals surface area contributed by atoms with Gasteiger partial charge in [-0.15, -0.1) is 0 Å². The predicted octanol–water partition coefficient (Wildman–Crippen LogP) is 1.67. The topological polar surface area (TPSA) is 78.9 Å². The molecule has 0 bridgehead atoms. The van der Waals surface area contributed by atoms with Crippen molar-refractivity contribution in [3.63, 3.8) is 0 Å². The Morgan fingerprint density at radius 2 is 1.22 bits per heavy atom. The molecule has 2 aromatic carbocycles. The van der Waals surface area contributed by atoms with Crippen LogP contribution in [0.5, 0.6) is 0 Å². The van der Waals surface area contributed by atoms with E-state index in [1.54, 1.807) is 18.2 Å². The van der Waals surface area contributed by atoms with Crippen molar-refractivity contribution in [3.05, 3.63) is 42.5 Å². The van der Waals surface area contributed by atoms with Gasteiger partial charge in [0.15, 0.2) is 0 Å². The molecule has 120 valence electrons. The molecule has 0 radical (unpaired) electrons. The van der Waals surface area contributed by atoms with Crippen LogP contribution in [-0.4, -0.2) is 26.7 Å². The highest BCUT2D eigenvalue weighted by atomic mass is 28.4. The van der Waals surface area contributed by atoms with Crippen molar-refractivity contribution < 1.29 is 27.7 Å². The Morgan fingerprint density at radius 3 is 1.70 bits per heavy atom. The number of hydrogen-bond donors (Lipinski definition) is 0. The van der Waals surface area contributed by atoms with Crippen molar-refractivity contribution in [2.75, 3.05) is 0 Å². The number of fused-ring (bicyclic) bond motifs is 1. The van der Waals surface area contributed by atoms with Gasteiger partial charge in [-0.05, 0) is 16.8 Å². The summed E-state index contributed by atoms with van der Waals surface area (Å²) in [5, 5.41) is 2.15. The second kappa shape index (κ2) is 6.61. The number of carbonyl (C=O) groups excluding carboxylic acids is 3. The lowest BCUT2D eigenvalue weighted by atomic mass is 10.1. The van der Waals surface area contributed by atoms with Gasteiger partial charge >= 0.3 is 8.80 Å². The Kier molecular flexibility index (Phi) is 4.80. The van der Waals surface area contributed by atoms with Gasteiger partial charge in [0.05, 0.1) is 5.19 Å². The van der Waals surface area contributed by atoms with Crippen molar-refractivity contribution in [2.45, 2.75) is 20.8 Å². The molecule has 7 heteroatoms. The molecule has 0 aliphatic rings. The summed E-state index contributed by atoms with van der Waals surface area (Å²) in [6, 6.07) is 12.6. The fourth-order valence-corrected chi connectivity index (χ4v) is 4.42. The molecule has 2 aromatic rings. The summed E-state index contributed by atoms with van der Waals surface area (Å²) >= 11 is 0. The summed E-state index contributed by atoms with van der Waals surface area (Å²) in [5.41, 5.74) is 0. The first-order valence-electron chi connectivity index (χ1n) is 6.90. The highest BCUT2D eigenvalue weighted by molar-refractivity contribution is 6.79. The number of hydrogen-bond acceptors (Lipinski definition) is 6. The summed E-state index contributed by atoms with van der Waals surface area (Å²) < 4.78 is 15.6. The Morgan fingerprint density at radius 1 is 0.739 bits per heavy atom. The third-order valence-electron chi connectivity index (χ3n) is 2.94. The maximum absolute atomic E-state index is 11.5. The van der Waals surface area contributed by atoms with Crippen LogP contribution in [0.3, 0.4) is 0 Å². The molecular formula is C16H16O6Si. The molecule has 0 fully saturated rings. The molecule has 0 aliphatic carbocycles. The highest BCUT2D eigenvalue weighted by Crippen LogP contribution is 2.17. The van der Waals surface area contributed by atoms with Crippen LogP contribution < -0.4 is 5.19 Å². The fraction of sp³-hybridized carbons (Fsp3) is 0.188. The standard InChI is InChI=1S/C16H16O6Si/c1-11(17)20-23(21-12(2)18,22-13(3)19)16-9-8-14-6-4-5-7-15(14)10-16/h4-10H,1-3H3. The second-order valence-electron chi connectivity index (χ2n) is 4.90. The zero-order chi connectivity index (χ0) is 17.0. The molecule has 0 heterocycles. The van der Waals surface area contributed by atoms with Gasteiger partial charge in [-0.3, -0.25) is 14.4 Å². The average Bonchev–Trinajstić information content (AvgIpc) is 2.44. The van der Waals surface area contributed by atoms with Gasteiger partial charge < -0.3 is 13.3 Å². The summed E-state index contributed by atoms with van der Waals surface area (Å²) in [7, 11) is -4.03. The zero-order valence-electron chi connectivity index (χ0n) is 13.0. The first kappa shape index (κ1) is 16.7. The van der Waals surface area contributed by atoms with Crippen LogP contribution in [0.1, 0.15) is 20.8 Å². The van der Waals surface area contributed by atoms with E-state index in [9.17, 15) is 14.4 Å². The van der Waals surface area contributed by atoms with E-state index in [1.807, 2.05) is 24.3 Å². The first-order chi connectivity index (χ1) is 10.8. The van der Waals surface area contributed by atoms with E-state index >= 15 is 0 Å². The average molecular weight is 332 g/mol. The van der Waals surface area contributed by atoms with Gasteiger partial charge in [0.2, 0.25) is 0 Å². The smallest absolute Gasteiger partial charge is 0.452 e. The summed E-state index contributed by atoms with van der Waals surface area (Å²) in [6.07, 6.45) is 0. The lowest BCUT2D eigenvalue weighted by Crippen LogP contribution is -2.59. The van der Waals surface area contributed by atoms with E-state index in [0.717, 1.165) is 31.5 Å². The van der Waals surface area contributed by atoms with Crippen LogP contribution >= 0.6 is 0 Å². The van der Waals surface area contributed by atoms with Crippen LogP contribution in [0.15, 0.2) is 42.5 Å². The molecule has 0 N–H and O–H groups in total. The molecule has 2 rings (SSSR count). The lowest BCUT2D eigenvalue weighted by molar-refractivity contribution is -0.146. The van der Waals surface area contributed by atoms with Crippen molar-refractivity contribution in [1.82, 2.24) is 0 Å². The van der Waals surface area contributed by atoms with Crippen LogP contribution in [0.2, 0.25) is 0 Å². The summed E-state index contributed by atoms with van der Waals surface area (Å²) in [5.74, 6) is -2.10. The summed E-state index contributed by atoms with van der Waals surface area (Å²) in [6.45, 7) is 3.49.